The van der Waals surface area contributed by atoms with E-state index in [1.54, 1.807) is 6.92 Å². The van der Waals surface area contributed by atoms with Crippen molar-refractivity contribution in [2.45, 2.75) is 32.2 Å². The van der Waals surface area contributed by atoms with Crippen molar-refractivity contribution in [1.29, 1.82) is 0 Å². The van der Waals surface area contributed by atoms with Crippen molar-refractivity contribution in [3.8, 4) is 0 Å². The minimum absolute atomic E-state index is 0.176. The molecule has 0 aromatic carbocycles. The van der Waals surface area contributed by atoms with Crippen molar-refractivity contribution in [2.24, 2.45) is 11.5 Å². The number of carbonyl (C=O) groups excluding carboxylic acids is 2. The quantitative estimate of drug-likeness (QED) is 0.449. The van der Waals surface area contributed by atoms with Crippen LogP contribution in [0.1, 0.15) is 26.2 Å². The van der Waals surface area contributed by atoms with Crippen LogP contribution in [0.25, 0.3) is 0 Å². The van der Waals surface area contributed by atoms with Crippen LogP contribution in [0.2, 0.25) is 0 Å². The van der Waals surface area contributed by atoms with E-state index in [2.05, 4.69) is 4.74 Å². The highest BCUT2D eigenvalue weighted by Crippen LogP contribution is 1.97. The predicted molar refractivity (Wildman–Crippen MR) is 47.7 cm³/mol. The van der Waals surface area contributed by atoms with Crippen LogP contribution in [-0.2, 0) is 14.3 Å². The smallest absolute Gasteiger partial charge is 0.330 e. The fourth-order valence-corrected chi connectivity index (χ4v) is 0.716. The summed E-state index contributed by atoms with van der Waals surface area (Å²) in [6, 6.07) is -0.737. The number of nitrogens with two attached hydrogens (primary N) is 2. The monoisotopic (exact) mass is 188 g/mol. The Kier molecular flexibility index (Phi) is 6.09. The molecule has 0 aliphatic rings. The van der Waals surface area contributed by atoms with Gasteiger partial charge in [-0.15, -0.1) is 0 Å². The average molecular weight is 188 g/mol. The number of hydrogen-bond acceptors (Lipinski definition) is 5. The zero-order valence-electron chi connectivity index (χ0n) is 7.79. The first-order valence-corrected chi connectivity index (χ1v) is 4.32. The van der Waals surface area contributed by atoms with E-state index in [9.17, 15) is 9.59 Å². The van der Waals surface area contributed by atoms with Gasteiger partial charge in [-0.2, -0.15) is 0 Å². The maximum Gasteiger partial charge on any atom is 0.330 e. The second-order valence-corrected chi connectivity index (χ2v) is 2.68. The summed E-state index contributed by atoms with van der Waals surface area (Å²) >= 11 is 0. The predicted octanol–water partition coefficient (Wildman–Crippen LogP) is -0.468. The molecule has 1 atom stereocenters. The molecule has 5 heteroatoms. The highest BCUT2D eigenvalue weighted by molar-refractivity contribution is 5.88. The minimum atomic E-state index is -0.737. The van der Waals surface area contributed by atoms with Crippen LogP contribution < -0.4 is 11.5 Å². The van der Waals surface area contributed by atoms with Crippen LogP contribution in [0, 0.1) is 0 Å². The number of hydrogen-bond donors (Lipinski definition) is 2. The second-order valence-electron chi connectivity index (χ2n) is 2.68. The van der Waals surface area contributed by atoms with Crippen LogP contribution in [-0.4, -0.2) is 24.5 Å². The van der Waals surface area contributed by atoms with E-state index in [0.717, 1.165) is 0 Å². The molecular weight excluding hydrogens is 172 g/mol. The molecule has 13 heavy (non-hydrogen) atoms. The highest BCUT2D eigenvalue weighted by atomic mass is 16.6. The molecule has 4 N–H and O–H groups in total. The van der Waals surface area contributed by atoms with E-state index in [4.69, 9.17) is 11.5 Å². The van der Waals surface area contributed by atoms with E-state index < -0.39 is 18.0 Å². The van der Waals surface area contributed by atoms with Gasteiger partial charge in [-0.3, -0.25) is 4.79 Å². The third-order valence-corrected chi connectivity index (χ3v) is 1.53. The summed E-state index contributed by atoms with van der Waals surface area (Å²) in [5.74, 6) is -1.21. The van der Waals surface area contributed by atoms with Gasteiger partial charge in [-0.1, -0.05) is 6.92 Å². The molecule has 0 aromatic rings. The molecule has 0 radical (unpaired) electrons. The maximum atomic E-state index is 11.0. The lowest BCUT2D eigenvalue weighted by atomic mass is 10.2. The standard InChI is InChI=1S/C8H16N2O3/c1-2-7(11)13-8(12)6(10)4-3-5-9/h6H,2-5,9-10H2,1H3/t6-/m1/s1. The molecule has 76 valence electrons. The van der Waals surface area contributed by atoms with Crippen LogP contribution in [0.5, 0.6) is 0 Å². The molecule has 0 rings (SSSR count). The Labute approximate surface area is 77.4 Å². The largest absolute Gasteiger partial charge is 0.392 e. The van der Waals surface area contributed by atoms with Gasteiger partial charge in [0, 0.05) is 6.42 Å². The van der Waals surface area contributed by atoms with Gasteiger partial charge in [-0.05, 0) is 19.4 Å². The Morgan fingerprint density at radius 1 is 1.46 bits per heavy atom. The summed E-state index contributed by atoms with van der Waals surface area (Å²) in [7, 11) is 0. The average Bonchev–Trinajstić information content (AvgIpc) is 2.13. The van der Waals surface area contributed by atoms with Gasteiger partial charge >= 0.3 is 11.9 Å². The SMILES string of the molecule is CCC(=O)OC(=O)[C@H](N)CCCN. The molecule has 0 aromatic heterocycles. The van der Waals surface area contributed by atoms with Gasteiger partial charge in [0.25, 0.3) is 0 Å². The zero-order chi connectivity index (χ0) is 10.3. The molecule has 0 bridgehead atoms. The molecule has 0 fully saturated rings. The topological polar surface area (TPSA) is 95.4 Å². The van der Waals surface area contributed by atoms with Gasteiger partial charge in [0.15, 0.2) is 0 Å². The van der Waals surface area contributed by atoms with Crippen molar-refractivity contribution < 1.29 is 14.3 Å². The molecule has 0 aliphatic carbocycles. The van der Waals surface area contributed by atoms with Crippen molar-refractivity contribution in [3.05, 3.63) is 0 Å². The molecule has 0 unspecified atom stereocenters. The molecule has 0 amide bonds. The van der Waals surface area contributed by atoms with Crippen LogP contribution in [0.4, 0.5) is 0 Å². The Hall–Kier alpha value is -0.940. The van der Waals surface area contributed by atoms with Gasteiger partial charge in [0.2, 0.25) is 0 Å². The lowest BCUT2D eigenvalue weighted by molar-refractivity contribution is -0.160. The fourth-order valence-electron chi connectivity index (χ4n) is 0.716. The normalized spacial score (nSPS) is 12.2. The summed E-state index contributed by atoms with van der Waals surface area (Å²) in [6.45, 7) is 2.09. The summed E-state index contributed by atoms with van der Waals surface area (Å²) in [4.78, 5) is 21.7. The fraction of sp³-hybridized carbons (Fsp3) is 0.750. The number of rotatable bonds is 5. The molecule has 0 saturated carbocycles. The van der Waals surface area contributed by atoms with E-state index in [0.29, 0.717) is 19.4 Å². The summed E-state index contributed by atoms with van der Waals surface area (Å²) in [6.07, 6.45) is 1.28. The minimum Gasteiger partial charge on any atom is -0.392 e. The molecular formula is C8H16N2O3. The lowest BCUT2D eigenvalue weighted by Gasteiger charge is -2.08. The molecule has 5 nitrogen and oxygen atoms in total. The molecule has 0 saturated heterocycles. The Morgan fingerprint density at radius 3 is 2.54 bits per heavy atom. The molecule has 0 spiro atoms. The van der Waals surface area contributed by atoms with Crippen molar-refractivity contribution in [2.75, 3.05) is 6.54 Å². The summed E-state index contributed by atoms with van der Waals surface area (Å²) in [5, 5.41) is 0. The van der Waals surface area contributed by atoms with Gasteiger partial charge in [0.1, 0.15) is 6.04 Å². The second kappa shape index (κ2) is 6.56. The Morgan fingerprint density at radius 2 is 2.08 bits per heavy atom. The third-order valence-electron chi connectivity index (χ3n) is 1.53. The van der Waals surface area contributed by atoms with Crippen molar-refractivity contribution in [3.63, 3.8) is 0 Å². The van der Waals surface area contributed by atoms with Gasteiger partial charge in [-0.25, -0.2) is 4.79 Å². The maximum absolute atomic E-state index is 11.0. The third kappa shape index (κ3) is 5.32. The van der Waals surface area contributed by atoms with E-state index in [-0.39, 0.29) is 6.42 Å². The van der Waals surface area contributed by atoms with E-state index >= 15 is 0 Å². The van der Waals surface area contributed by atoms with Gasteiger partial charge in [0.05, 0.1) is 0 Å². The van der Waals surface area contributed by atoms with Crippen LogP contribution in [0.15, 0.2) is 0 Å². The lowest BCUT2D eigenvalue weighted by Crippen LogP contribution is -2.34. The van der Waals surface area contributed by atoms with Crippen LogP contribution in [0.3, 0.4) is 0 Å². The number of ether oxygens (including phenoxy) is 1. The van der Waals surface area contributed by atoms with Gasteiger partial charge < -0.3 is 16.2 Å². The van der Waals surface area contributed by atoms with E-state index in [1.165, 1.54) is 0 Å². The number of carbonyl (C=O) groups is 2. The van der Waals surface area contributed by atoms with E-state index in [1.807, 2.05) is 0 Å². The molecule has 0 heterocycles. The first-order valence-electron chi connectivity index (χ1n) is 4.32. The molecule has 0 aliphatic heterocycles. The zero-order valence-corrected chi connectivity index (χ0v) is 7.79. The van der Waals surface area contributed by atoms with Crippen molar-refractivity contribution >= 4 is 11.9 Å². The number of esters is 2. The first kappa shape index (κ1) is 12.1. The Bertz CT molecular complexity index is 182. The highest BCUT2D eigenvalue weighted by Gasteiger charge is 2.16. The summed E-state index contributed by atoms with van der Waals surface area (Å²) in [5.41, 5.74) is 10.7. The Balaban J connectivity index is 3.75. The van der Waals surface area contributed by atoms with Crippen molar-refractivity contribution in [1.82, 2.24) is 0 Å². The van der Waals surface area contributed by atoms with Crippen LogP contribution >= 0.6 is 0 Å². The summed E-state index contributed by atoms with van der Waals surface area (Å²) < 4.78 is 4.41. The first-order chi connectivity index (χ1) is 6.11.